The SMILES string of the molecule is CCN(CCO)C(=O)C1COCC1NC. The molecule has 0 aromatic heterocycles. The molecule has 1 aliphatic heterocycles. The van der Waals surface area contributed by atoms with E-state index in [1.54, 1.807) is 4.90 Å². The third kappa shape index (κ3) is 2.90. The van der Waals surface area contributed by atoms with E-state index in [2.05, 4.69) is 5.32 Å². The van der Waals surface area contributed by atoms with Crippen LogP contribution in [0.15, 0.2) is 0 Å². The lowest BCUT2D eigenvalue weighted by atomic mass is 10.0. The Balaban J connectivity index is 2.56. The van der Waals surface area contributed by atoms with Crippen molar-refractivity contribution in [2.45, 2.75) is 13.0 Å². The summed E-state index contributed by atoms with van der Waals surface area (Å²) in [7, 11) is 1.84. The van der Waals surface area contributed by atoms with Crippen molar-refractivity contribution in [3.8, 4) is 0 Å². The van der Waals surface area contributed by atoms with Crippen molar-refractivity contribution < 1.29 is 14.6 Å². The van der Waals surface area contributed by atoms with Gasteiger partial charge in [-0.25, -0.2) is 0 Å². The lowest BCUT2D eigenvalue weighted by Gasteiger charge is -2.25. The Morgan fingerprint density at radius 2 is 2.33 bits per heavy atom. The van der Waals surface area contributed by atoms with Gasteiger partial charge in [0.05, 0.1) is 25.7 Å². The lowest BCUT2D eigenvalue weighted by molar-refractivity contribution is -0.136. The highest BCUT2D eigenvalue weighted by atomic mass is 16.5. The number of nitrogens with zero attached hydrogens (tertiary/aromatic N) is 1. The molecule has 1 heterocycles. The fourth-order valence-electron chi connectivity index (χ4n) is 1.86. The van der Waals surface area contributed by atoms with Crippen molar-refractivity contribution in [1.82, 2.24) is 10.2 Å². The molecule has 0 aromatic carbocycles. The number of aliphatic hydroxyl groups excluding tert-OH is 1. The third-order valence-corrected chi connectivity index (χ3v) is 2.83. The summed E-state index contributed by atoms with van der Waals surface area (Å²) in [6, 6.07) is 0.102. The van der Waals surface area contributed by atoms with Crippen LogP contribution in [-0.2, 0) is 9.53 Å². The molecule has 0 spiro atoms. The summed E-state index contributed by atoms with van der Waals surface area (Å²) in [6.45, 7) is 4.03. The fourth-order valence-corrected chi connectivity index (χ4v) is 1.86. The minimum Gasteiger partial charge on any atom is -0.395 e. The first kappa shape index (κ1) is 12.4. The van der Waals surface area contributed by atoms with E-state index in [1.807, 2.05) is 14.0 Å². The van der Waals surface area contributed by atoms with E-state index in [1.165, 1.54) is 0 Å². The van der Waals surface area contributed by atoms with Gasteiger partial charge in [-0.2, -0.15) is 0 Å². The molecule has 0 bridgehead atoms. The van der Waals surface area contributed by atoms with Crippen LogP contribution < -0.4 is 5.32 Å². The number of nitrogens with one attached hydrogen (secondary N) is 1. The number of amides is 1. The molecule has 0 radical (unpaired) electrons. The molecule has 1 fully saturated rings. The van der Waals surface area contributed by atoms with Crippen molar-refractivity contribution in [1.29, 1.82) is 0 Å². The maximum Gasteiger partial charge on any atom is 0.229 e. The van der Waals surface area contributed by atoms with Gasteiger partial charge in [0, 0.05) is 19.1 Å². The predicted octanol–water partition coefficient (Wildman–Crippen LogP) is -0.938. The van der Waals surface area contributed by atoms with Crippen molar-refractivity contribution in [3.05, 3.63) is 0 Å². The van der Waals surface area contributed by atoms with Crippen molar-refractivity contribution in [2.24, 2.45) is 5.92 Å². The summed E-state index contributed by atoms with van der Waals surface area (Å²) in [5, 5.41) is 11.9. The summed E-state index contributed by atoms with van der Waals surface area (Å²) >= 11 is 0. The van der Waals surface area contributed by atoms with Crippen LogP contribution in [0.25, 0.3) is 0 Å². The zero-order chi connectivity index (χ0) is 11.3. The Hall–Kier alpha value is -0.650. The predicted molar refractivity (Wildman–Crippen MR) is 56.5 cm³/mol. The molecule has 2 N–H and O–H groups in total. The van der Waals surface area contributed by atoms with Gasteiger partial charge in [-0.3, -0.25) is 4.79 Å². The van der Waals surface area contributed by atoms with Crippen LogP contribution in [0.2, 0.25) is 0 Å². The molecule has 2 unspecified atom stereocenters. The highest BCUT2D eigenvalue weighted by Gasteiger charge is 2.35. The minimum atomic E-state index is -0.110. The highest BCUT2D eigenvalue weighted by molar-refractivity contribution is 5.80. The molecule has 15 heavy (non-hydrogen) atoms. The maximum atomic E-state index is 12.0. The largest absolute Gasteiger partial charge is 0.395 e. The van der Waals surface area contributed by atoms with Gasteiger partial charge in [-0.1, -0.05) is 0 Å². The van der Waals surface area contributed by atoms with Crippen LogP contribution in [0.3, 0.4) is 0 Å². The first-order valence-electron chi connectivity index (χ1n) is 5.39. The van der Waals surface area contributed by atoms with Crippen LogP contribution in [0.4, 0.5) is 0 Å². The van der Waals surface area contributed by atoms with Crippen LogP contribution in [0.1, 0.15) is 6.92 Å². The Bertz CT molecular complexity index is 211. The van der Waals surface area contributed by atoms with Crippen LogP contribution >= 0.6 is 0 Å². The van der Waals surface area contributed by atoms with Crippen LogP contribution in [0.5, 0.6) is 0 Å². The maximum absolute atomic E-state index is 12.0. The average molecular weight is 216 g/mol. The quantitative estimate of drug-likeness (QED) is 0.623. The summed E-state index contributed by atoms with van der Waals surface area (Å²) in [5.41, 5.74) is 0. The van der Waals surface area contributed by atoms with Gasteiger partial charge in [0.25, 0.3) is 0 Å². The number of carbonyl (C=O) groups is 1. The fraction of sp³-hybridized carbons (Fsp3) is 0.900. The number of carbonyl (C=O) groups excluding carboxylic acids is 1. The molecule has 1 saturated heterocycles. The standard InChI is InChI=1S/C10H20N2O3/c1-3-12(4-5-13)10(14)8-6-15-7-9(8)11-2/h8-9,11,13H,3-7H2,1-2H3. The Kier molecular flexibility index (Phi) is 5.01. The molecular formula is C10H20N2O3. The second kappa shape index (κ2) is 6.05. The van der Waals surface area contributed by atoms with Gasteiger partial charge in [0.1, 0.15) is 0 Å². The molecule has 5 heteroatoms. The summed E-state index contributed by atoms with van der Waals surface area (Å²) in [5.74, 6) is -0.0371. The van der Waals surface area contributed by atoms with E-state index in [9.17, 15) is 4.79 Å². The molecule has 88 valence electrons. The zero-order valence-electron chi connectivity index (χ0n) is 9.40. The Morgan fingerprint density at radius 1 is 1.60 bits per heavy atom. The minimum absolute atomic E-state index is 0.0113. The highest BCUT2D eigenvalue weighted by Crippen LogP contribution is 2.16. The Labute approximate surface area is 90.4 Å². The van der Waals surface area contributed by atoms with Crippen LogP contribution in [0, 0.1) is 5.92 Å². The lowest BCUT2D eigenvalue weighted by Crippen LogP contribution is -2.45. The van der Waals surface area contributed by atoms with Gasteiger partial charge in [-0.15, -0.1) is 0 Å². The third-order valence-electron chi connectivity index (χ3n) is 2.83. The van der Waals surface area contributed by atoms with Crippen molar-refractivity contribution in [3.63, 3.8) is 0 Å². The number of ether oxygens (including phenoxy) is 1. The van der Waals surface area contributed by atoms with Crippen LogP contribution in [-0.4, -0.2) is 61.9 Å². The van der Waals surface area contributed by atoms with E-state index in [0.29, 0.717) is 26.3 Å². The van der Waals surface area contributed by atoms with E-state index in [-0.39, 0.29) is 24.5 Å². The van der Waals surface area contributed by atoms with Crippen molar-refractivity contribution in [2.75, 3.05) is 40.0 Å². The van der Waals surface area contributed by atoms with Gasteiger partial charge < -0.3 is 20.1 Å². The number of hydrogen-bond acceptors (Lipinski definition) is 4. The Morgan fingerprint density at radius 3 is 2.87 bits per heavy atom. The normalized spacial score (nSPS) is 25.5. The molecule has 0 aromatic rings. The van der Waals surface area contributed by atoms with Gasteiger partial charge in [0.2, 0.25) is 5.91 Å². The van der Waals surface area contributed by atoms with E-state index >= 15 is 0 Å². The summed E-state index contributed by atoms with van der Waals surface area (Å²) in [6.07, 6.45) is 0. The average Bonchev–Trinajstić information content (AvgIpc) is 2.72. The first-order chi connectivity index (χ1) is 7.24. The molecule has 1 aliphatic rings. The second-order valence-electron chi connectivity index (χ2n) is 3.68. The number of likely N-dealkylation sites (N-methyl/N-ethyl adjacent to an activating group) is 2. The first-order valence-corrected chi connectivity index (χ1v) is 5.39. The van der Waals surface area contributed by atoms with Gasteiger partial charge in [0.15, 0.2) is 0 Å². The van der Waals surface area contributed by atoms with E-state index in [4.69, 9.17) is 9.84 Å². The van der Waals surface area contributed by atoms with Crippen molar-refractivity contribution >= 4 is 5.91 Å². The number of aliphatic hydroxyl groups is 1. The summed E-state index contributed by atoms with van der Waals surface area (Å²) < 4.78 is 5.28. The molecule has 1 rings (SSSR count). The zero-order valence-corrected chi connectivity index (χ0v) is 9.40. The number of rotatable bonds is 5. The topological polar surface area (TPSA) is 61.8 Å². The monoisotopic (exact) mass is 216 g/mol. The molecule has 5 nitrogen and oxygen atoms in total. The molecular weight excluding hydrogens is 196 g/mol. The van der Waals surface area contributed by atoms with Gasteiger partial charge >= 0.3 is 0 Å². The smallest absolute Gasteiger partial charge is 0.229 e. The van der Waals surface area contributed by atoms with E-state index in [0.717, 1.165) is 0 Å². The summed E-state index contributed by atoms with van der Waals surface area (Å²) in [4.78, 5) is 13.7. The molecule has 2 atom stereocenters. The van der Waals surface area contributed by atoms with Gasteiger partial charge in [-0.05, 0) is 14.0 Å². The molecule has 1 amide bonds. The molecule has 0 saturated carbocycles. The van der Waals surface area contributed by atoms with E-state index < -0.39 is 0 Å². The molecule has 0 aliphatic carbocycles. The second-order valence-corrected chi connectivity index (χ2v) is 3.68. The number of hydrogen-bond donors (Lipinski definition) is 2.